The van der Waals surface area contributed by atoms with Gasteiger partial charge in [0.1, 0.15) is 6.04 Å². The number of Topliss-reactive ketones (excluding diaryl/α,β-unsaturated/α-hetero) is 1. The first-order chi connectivity index (χ1) is 16.1. The molecule has 0 bridgehead atoms. The second-order valence-corrected chi connectivity index (χ2v) is 9.84. The van der Waals surface area contributed by atoms with Gasteiger partial charge in [0, 0.05) is 21.5 Å². The number of aliphatic hydroxyl groups is 1. The highest BCUT2D eigenvalue weighted by molar-refractivity contribution is 9.10. The fraction of sp³-hybridized carbons (Fsp3) is 0.185. The Morgan fingerprint density at radius 2 is 1.64 bits per heavy atom. The lowest BCUT2D eigenvalue weighted by Gasteiger charge is -2.37. The standard InChI is InChI=1S/C27H23BrN2O2S/c1-33-27-29-23(18-8-4-2-5-9-18)25-22(31)16-21(17-12-14-20(28)15-13-17)24(30(25)27)26(32)19-10-6-3-7-11-19/h2-15,21-22,24,31H,16H2,1H3/t21-,22+,24-/m0/s1. The van der Waals surface area contributed by atoms with Crippen molar-refractivity contribution in [2.24, 2.45) is 0 Å². The summed E-state index contributed by atoms with van der Waals surface area (Å²) >= 11 is 5.00. The lowest BCUT2D eigenvalue weighted by molar-refractivity contribution is 0.0763. The molecule has 3 aromatic carbocycles. The van der Waals surface area contributed by atoms with E-state index in [4.69, 9.17) is 4.98 Å². The summed E-state index contributed by atoms with van der Waals surface area (Å²) in [4.78, 5) is 18.9. The number of carbonyl (C=O) groups is 1. The molecule has 0 saturated carbocycles. The number of hydrogen-bond donors (Lipinski definition) is 1. The van der Waals surface area contributed by atoms with E-state index in [0.29, 0.717) is 17.7 Å². The maximum Gasteiger partial charge on any atom is 0.186 e. The minimum absolute atomic E-state index is 0.0315. The van der Waals surface area contributed by atoms with Gasteiger partial charge in [0.15, 0.2) is 10.9 Å². The van der Waals surface area contributed by atoms with E-state index in [1.165, 1.54) is 11.8 Å². The van der Waals surface area contributed by atoms with Crippen LogP contribution in [0.2, 0.25) is 0 Å². The zero-order valence-corrected chi connectivity index (χ0v) is 20.5. The van der Waals surface area contributed by atoms with E-state index >= 15 is 0 Å². The molecule has 1 aliphatic heterocycles. The molecule has 0 amide bonds. The van der Waals surface area contributed by atoms with Crippen molar-refractivity contribution in [3.8, 4) is 11.3 Å². The first-order valence-corrected chi connectivity index (χ1v) is 12.8. The Labute approximate surface area is 205 Å². The molecule has 0 radical (unpaired) electrons. The summed E-state index contributed by atoms with van der Waals surface area (Å²) in [6, 6.07) is 26.8. The Bertz CT molecular complexity index is 1270. The largest absolute Gasteiger partial charge is 0.387 e. The highest BCUT2D eigenvalue weighted by Gasteiger charge is 2.43. The number of benzene rings is 3. The summed E-state index contributed by atoms with van der Waals surface area (Å²) in [5.74, 6) is -0.152. The first kappa shape index (κ1) is 22.1. The van der Waals surface area contributed by atoms with Gasteiger partial charge in [0.05, 0.1) is 17.5 Å². The second kappa shape index (κ2) is 9.29. The molecule has 0 saturated heterocycles. The van der Waals surface area contributed by atoms with E-state index in [9.17, 15) is 9.90 Å². The molecule has 0 aliphatic carbocycles. The minimum Gasteiger partial charge on any atom is -0.387 e. The average molecular weight is 519 g/mol. The molecule has 1 N–H and O–H groups in total. The molecule has 0 spiro atoms. The van der Waals surface area contributed by atoms with Crippen LogP contribution in [0.1, 0.15) is 46.1 Å². The Kier molecular flexibility index (Phi) is 6.23. The van der Waals surface area contributed by atoms with Crippen LogP contribution in [0, 0.1) is 0 Å². The molecule has 0 unspecified atom stereocenters. The quantitative estimate of drug-likeness (QED) is 0.236. The lowest BCUT2D eigenvalue weighted by atomic mass is 9.79. The number of ketones is 1. The Balaban J connectivity index is 1.73. The van der Waals surface area contributed by atoms with Gasteiger partial charge in [0.25, 0.3) is 0 Å². The summed E-state index contributed by atoms with van der Waals surface area (Å²) in [5, 5.41) is 12.1. The van der Waals surface area contributed by atoms with Gasteiger partial charge >= 0.3 is 0 Å². The molecule has 3 atom stereocenters. The lowest BCUT2D eigenvalue weighted by Crippen LogP contribution is -2.34. The van der Waals surface area contributed by atoms with Gasteiger partial charge in [-0.15, -0.1) is 0 Å². The van der Waals surface area contributed by atoms with Gasteiger partial charge in [-0.3, -0.25) is 4.79 Å². The number of imidazole rings is 1. The van der Waals surface area contributed by atoms with Crippen LogP contribution in [-0.4, -0.2) is 26.7 Å². The first-order valence-electron chi connectivity index (χ1n) is 10.8. The van der Waals surface area contributed by atoms with Crippen molar-refractivity contribution in [1.82, 2.24) is 9.55 Å². The van der Waals surface area contributed by atoms with Gasteiger partial charge < -0.3 is 9.67 Å². The van der Waals surface area contributed by atoms with Crippen molar-refractivity contribution < 1.29 is 9.90 Å². The van der Waals surface area contributed by atoms with E-state index in [-0.39, 0.29) is 11.7 Å². The number of thioether (sulfide) groups is 1. The third-order valence-corrected chi connectivity index (χ3v) is 7.40. The van der Waals surface area contributed by atoms with Crippen LogP contribution in [0.5, 0.6) is 0 Å². The summed E-state index contributed by atoms with van der Waals surface area (Å²) < 4.78 is 2.97. The van der Waals surface area contributed by atoms with Crippen LogP contribution in [0.4, 0.5) is 0 Å². The summed E-state index contributed by atoms with van der Waals surface area (Å²) in [5.41, 5.74) is 4.09. The van der Waals surface area contributed by atoms with Gasteiger partial charge in [-0.05, 0) is 30.4 Å². The molecule has 1 aliphatic rings. The van der Waals surface area contributed by atoms with Crippen LogP contribution in [0.25, 0.3) is 11.3 Å². The summed E-state index contributed by atoms with van der Waals surface area (Å²) in [7, 11) is 0. The molecular weight excluding hydrogens is 496 g/mol. The summed E-state index contributed by atoms with van der Waals surface area (Å²) in [6.07, 6.45) is 1.68. The topological polar surface area (TPSA) is 55.1 Å². The number of nitrogens with zero attached hydrogens (tertiary/aromatic N) is 2. The van der Waals surface area contributed by atoms with Crippen LogP contribution in [0.3, 0.4) is 0 Å². The molecule has 4 aromatic rings. The van der Waals surface area contributed by atoms with Crippen LogP contribution in [0.15, 0.2) is 94.6 Å². The number of halogens is 1. The van der Waals surface area contributed by atoms with Gasteiger partial charge in [-0.25, -0.2) is 4.98 Å². The van der Waals surface area contributed by atoms with Gasteiger partial charge in [0.2, 0.25) is 0 Å². The predicted molar refractivity (Wildman–Crippen MR) is 136 cm³/mol. The minimum atomic E-state index is -0.734. The monoisotopic (exact) mass is 518 g/mol. The molecule has 33 heavy (non-hydrogen) atoms. The molecule has 166 valence electrons. The molecule has 0 fully saturated rings. The Hall–Kier alpha value is -2.67. The smallest absolute Gasteiger partial charge is 0.186 e. The van der Waals surface area contributed by atoms with Crippen molar-refractivity contribution in [2.45, 2.75) is 29.6 Å². The zero-order valence-electron chi connectivity index (χ0n) is 18.1. The van der Waals surface area contributed by atoms with E-state index in [1.54, 1.807) is 0 Å². The maximum absolute atomic E-state index is 14.0. The molecular formula is C27H23BrN2O2S. The number of rotatable bonds is 5. The predicted octanol–water partition coefficient (Wildman–Crippen LogP) is 6.68. The molecule has 1 aromatic heterocycles. The Morgan fingerprint density at radius 1 is 1.00 bits per heavy atom. The van der Waals surface area contributed by atoms with Gasteiger partial charge in [-0.1, -0.05) is 100 Å². The van der Waals surface area contributed by atoms with E-state index in [2.05, 4.69) is 15.9 Å². The van der Waals surface area contributed by atoms with Crippen LogP contribution >= 0.6 is 27.7 Å². The molecule has 4 nitrogen and oxygen atoms in total. The van der Waals surface area contributed by atoms with Crippen molar-refractivity contribution in [2.75, 3.05) is 6.26 Å². The highest BCUT2D eigenvalue weighted by atomic mass is 79.9. The molecule has 6 heteroatoms. The zero-order chi connectivity index (χ0) is 22.9. The van der Waals surface area contributed by atoms with Crippen molar-refractivity contribution in [1.29, 1.82) is 0 Å². The number of aliphatic hydroxyl groups excluding tert-OH is 1. The molecule has 2 heterocycles. The van der Waals surface area contributed by atoms with Gasteiger partial charge in [-0.2, -0.15) is 0 Å². The van der Waals surface area contributed by atoms with Crippen molar-refractivity contribution >= 4 is 33.5 Å². The van der Waals surface area contributed by atoms with Crippen molar-refractivity contribution in [3.63, 3.8) is 0 Å². The van der Waals surface area contributed by atoms with Crippen LogP contribution in [-0.2, 0) is 0 Å². The van der Waals surface area contributed by atoms with Crippen molar-refractivity contribution in [3.05, 3.63) is 106 Å². The number of carbonyl (C=O) groups excluding carboxylic acids is 1. The average Bonchev–Trinajstić information content (AvgIpc) is 3.25. The number of fused-ring (bicyclic) bond motifs is 1. The highest BCUT2D eigenvalue weighted by Crippen LogP contribution is 2.49. The summed E-state index contributed by atoms with van der Waals surface area (Å²) in [6.45, 7) is 0. The fourth-order valence-corrected chi connectivity index (χ4v) is 5.58. The van der Waals surface area contributed by atoms with E-state index in [0.717, 1.165) is 26.4 Å². The third-order valence-electron chi connectivity index (χ3n) is 6.22. The normalized spacial score (nSPS) is 19.8. The molecule has 5 rings (SSSR count). The second-order valence-electron chi connectivity index (χ2n) is 8.15. The van der Waals surface area contributed by atoms with E-state index in [1.807, 2.05) is 95.8 Å². The number of aromatic nitrogens is 2. The SMILES string of the molecule is CSc1nc(-c2ccccc2)c2n1[C@H](C(=O)c1ccccc1)[C@H](c1ccc(Br)cc1)C[C@H]2O. The fourth-order valence-electron chi connectivity index (χ4n) is 4.73. The Morgan fingerprint density at radius 3 is 2.27 bits per heavy atom. The maximum atomic E-state index is 14.0. The number of hydrogen-bond acceptors (Lipinski definition) is 4. The third kappa shape index (κ3) is 4.07. The van der Waals surface area contributed by atoms with E-state index < -0.39 is 12.1 Å². The van der Waals surface area contributed by atoms with Crippen LogP contribution < -0.4 is 0 Å².